The molecule has 28 heavy (non-hydrogen) atoms. The Bertz CT molecular complexity index is 802. The first-order valence-corrected chi connectivity index (χ1v) is 8.68. The molecule has 5 nitrogen and oxygen atoms in total. The minimum absolute atomic E-state index is 0. The minimum atomic E-state index is -4.56. The number of fused-ring (bicyclic) bond motifs is 1. The number of carbonyl (C=O) groups is 1. The second-order valence-electron chi connectivity index (χ2n) is 6.85. The molecule has 0 radical (unpaired) electrons. The van der Waals surface area contributed by atoms with Crippen LogP contribution in [-0.2, 0) is 6.18 Å². The van der Waals surface area contributed by atoms with Crippen LogP contribution >= 0.6 is 24.8 Å². The van der Waals surface area contributed by atoms with Gasteiger partial charge in [0.1, 0.15) is 0 Å². The molecule has 0 aliphatic heterocycles. The number of nitrogens with one attached hydrogen (secondary N) is 1. The van der Waals surface area contributed by atoms with Gasteiger partial charge in [-0.1, -0.05) is 13.8 Å². The second-order valence-corrected chi connectivity index (χ2v) is 6.85. The van der Waals surface area contributed by atoms with Crippen molar-refractivity contribution in [2.24, 2.45) is 5.73 Å². The van der Waals surface area contributed by atoms with Crippen LogP contribution < -0.4 is 11.1 Å². The predicted octanol–water partition coefficient (Wildman–Crippen LogP) is 4.73. The standard InChI is InChI=1S/C18H25F3N4O.2ClH/c1-5-17(22,6-2)10-23-15(26)12-7-8-14-13(9-12)24-16(18(19,20)21)25(14)11(3)4;;/h7-9,11H,5-6,10,22H2,1-4H3,(H,23,26);2*1H. The van der Waals surface area contributed by atoms with Gasteiger partial charge in [0.15, 0.2) is 0 Å². The van der Waals surface area contributed by atoms with Crippen molar-refractivity contribution in [3.05, 3.63) is 29.6 Å². The molecule has 10 heteroatoms. The van der Waals surface area contributed by atoms with E-state index in [2.05, 4.69) is 10.3 Å². The Labute approximate surface area is 175 Å². The van der Waals surface area contributed by atoms with Crippen LogP contribution in [0.2, 0.25) is 0 Å². The molecule has 160 valence electrons. The van der Waals surface area contributed by atoms with Gasteiger partial charge < -0.3 is 15.6 Å². The van der Waals surface area contributed by atoms with E-state index in [-0.39, 0.29) is 41.8 Å². The summed E-state index contributed by atoms with van der Waals surface area (Å²) in [5.74, 6) is -1.34. The smallest absolute Gasteiger partial charge is 0.350 e. The van der Waals surface area contributed by atoms with Gasteiger partial charge in [-0.2, -0.15) is 13.2 Å². The highest BCUT2D eigenvalue weighted by molar-refractivity contribution is 5.97. The average Bonchev–Trinajstić information content (AvgIpc) is 2.98. The van der Waals surface area contributed by atoms with E-state index in [4.69, 9.17) is 5.73 Å². The molecule has 0 aliphatic carbocycles. The third-order valence-electron chi connectivity index (χ3n) is 4.73. The van der Waals surface area contributed by atoms with Crippen molar-refractivity contribution < 1.29 is 18.0 Å². The Hall–Kier alpha value is -1.51. The van der Waals surface area contributed by atoms with Crippen LogP contribution in [0.15, 0.2) is 18.2 Å². The molecule has 1 amide bonds. The number of amides is 1. The number of halogens is 5. The van der Waals surface area contributed by atoms with Crippen molar-refractivity contribution in [3.63, 3.8) is 0 Å². The lowest BCUT2D eigenvalue weighted by Gasteiger charge is -2.26. The Morgan fingerprint density at radius 1 is 1.21 bits per heavy atom. The third-order valence-corrected chi connectivity index (χ3v) is 4.73. The first kappa shape index (κ1) is 26.5. The summed E-state index contributed by atoms with van der Waals surface area (Å²) < 4.78 is 40.9. The van der Waals surface area contributed by atoms with Crippen molar-refractivity contribution in [2.45, 2.75) is 58.3 Å². The number of nitrogens with two attached hydrogens (primary N) is 1. The molecule has 0 aliphatic rings. The van der Waals surface area contributed by atoms with Gasteiger partial charge in [-0.05, 0) is 44.9 Å². The lowest BCUT2D eigenvalue weighted by molar-refractivity contribution is -0.147. The quantitative estimate of drug-likeness (QED) is 0.678. The number of hydrogen-bond acceptors (Lipinski definition) is 3. The van der Waals surface area contributed by atoms with Gasteiger partial charge in [0, 0.05) is 23.7 Å². The highest BCUT2D eigenvalue weighted by Crippen LogP contribution is 2.33. The summed E-state index contributed by atoms with van der Waals surface area (Å²) in [6, 6.07) is 3.98. The largest absolute Gasteiger partial charge is 0.449 e. The SMILES string of the molecule is CCC(N)(CC)CNC(=O)c1ccc2c(c1)nc(C(F)(F)F)n2C(C)C.Cl.Cl. The van der Waals surface area contributed by atoms with Crippen LogP contribution in [0.25, 0.3) is 11.0 Å². The number of rotatable bonds is 6. The van der Waals surface area contributed by atoms with Crippen LogP contribution in [0, 0.1) is 0 Å². The summed E-state index contributed by atoms with van der Waals surface area (Å²) in [6.45, 7) is 7.50. The topological polar surface area (TPSA) is 72.9 Å². The highest BCUT2D eigenvalue weighted by atomic mass is 35.5. The van der Waals surface area contributed by atoms with Gasteiger partial charge in [-0.25, -0.2) is 4.98 Å². The fraction of sp³-hybridized carbons (Fsp3) is 0.556. The fourth-order valence-electron chi connectivity index (χ4n) is 2.82. The lowest BCUT2D eigenvalue weighted by atomic mass is 9.94. The van der Waals surface area contributed by atoms with Crippen molar-refractivity contribution in [2.75, 3.05) is 6.54 Å². The van der Waals surface area contributed by atoms with Gasteiger partial charge in [-0.3, -0.25) is 4.79 Å². The van der Waals surface area contributed by atoms with E-state index in [1.807, 2.05) is 13.8 Å². The number of aromatic nitrogens is 2. The number of alkyl halides is 3. The van der Waals surface area contributed by atoms with Crippen molar-refractivity contribution in [1.82, 2.24) is 14.9 Å². The molecule has 0 saturated heterocycles. The van der Waals surface area contributed by atoms with Crippen molar-refractivity contribution in [3.8, 4) is 0 Å². The van der Waals surface area contributed by atoms with Crippen LogP contribution in [-0.4, -0.2) is 27.5 Å². The third kappa shape index (κ3) is 5.52. The predicted molar refractivity (Wildman–Crippen MR) is 109 cm³/mol. The zero-order valence-corrected chi connectivity index (χ0v) is 17.9. The monoisotopic (exact) mass is 442 g/mol. The van der Waals surface area contributed by atoms with E-state index in [0.717, 1.165) is 4.57 Å². The highest BCUT2D eigenvalue weighted by Gasteiger charge is 2.38. The molecule has 2 aromatic rings. The van der Waals surface area contributed by atoms with E-state index in [1.54, 1.807) is 13.8 Å². The van der Waals surface area contributed by atoms with E-state index in [9.17, 15) is 18.0 Å². The normalized spacial score (nSPS) is 11.9. The Kier molecular flexibility index (Phi) is 9.27. The van der Waals surface area contributed by atoms with Crippen LogP contribution in [0.1, 0.15) is 62.8 Å². The van der Waals surface area contributed by atoms with Crippen LogP contribution in [0.3, 0.4) is 0 Å². The van der Waals surface area contributed by atoms with Gasteiger partial charge in [-0.15, -0.1) is 24.8 Å². The molecule has 3 N–H and O–H groups in total. The van der Waals surface area contributed by atoms with Crippen LogP contribution in [0.5, 0.6) is 0 Å². The summed E-state index contributed by atoms with van der Waals surface area (Å²) in [6.07, 6.45) is -3.15. The zero-order valence-electron chi connectivity index (χ0n) is 16.3. The molecule has 1 aromatic carbocycles. The van der Waals surface area contributed by atoms with Crippen molar-refractivity contribution in [1.29, 1.82) is 0 Å². The molecule has 1 aromatic heterocycles. The Morgan fingerprint density at radius 2 is 1.79 bits per heavy atom. The first-order chi connectivity index (χ1) is 12.0. The molecular weight excluding hydrogens is 416 g/mol. The van der Waals surface area contributed by atoms with E-state index in [0.29, 0.717) is 24.9 Å². The summed E-state index contributed by atoms with van der Waals surface area (Å²) in [4.78, 5) is 16.1. The molecule has 1 heterocycles. The number of carbonyl (C=O) groups excluding carboxylic acids is 1. The molecule has 0 unspecified atom stereocenters. The van der Waals surface area contributed by atoms with E-state index >= 15 is 0 Å². The van der Waals surface area contributed by atoms with Gasteiger partial charge in [0.25, 0.3) is 5.91 Å². The Morgan fingerprint density at radius 3 is 2.25 bits per heavy atom. The molecule has 0 fully saturated rings. The Balaban J connectivity index is 0.00000364. The molecular formula is C18H27Cl2F3N4O. The summed E-state index contributed by atoms with van der Waals surface area (Å²) >= 11 is 0. The maximum atomic E-state index is 13.3. The number of imidazole rings is 1. The fourth-order valence-corrected chi connectivity index (χ4v) is 2.82. The second kappa shape index (κ2) is 9.80. The van der Waals surface area contributed by atoms with E-state index in [1.165, 1.54) is 18.2 Å². The molecule has 0 atom stereocenters. The summed E-state index contributed by atoms with van der Waals surface area (Å²) in [7, 11) is 0. The van der Waals surface area contributed by atoms with Gasteiger partial charge in [0.2, 0.25) is 5.82 Å². The summed E-state index contributed by atoms with van der Waals surface area (Å²) in [5.41, 5.74) is 6.41. The number of benzene rings is 1. The van der Waals surface area contributed by atoms with Gasteiger partial charge in [0.05, 0.1) is 11.0 Å². The zero-order chi connectivity index (χ0) is 19.7. The number of hydrogen-bond donors (Lipinski definition) is 2. The summed E-state index contributed by atoms with van der Waals surface area (Å²) in [5, 5.41) is 2.76. The van der Waals surface area contributed by atoms with Crippen molar-refractivity contribution >= 4 is 41.8 Å². The molecule has 2 rings (SSSR count). The maximum absolute atomic E-state index is 13.3. The molecule has 0 spiro atoms. The van der Waals surface area contributed by atoms with E-state index < -0.39 is 23.6 Å². The minimum Gasteiger partial charge on any atom is -0.350 e. The maximum Gasteiger partial charge on any atom is 0.449 e. The number of nitrogens with zero attached hydrogens (tertiary/aromatic N) is 2. The van der Waals surface area contributed by atoms with Crippen LogP contribution in [0.4, 0.5) is 13.2 Å². The molecule has 0 saturated carbocycles. The first-order valence-electron chi connectivity index (χ1n) is 8.68. The van der Waals surface area contributed by atoms with Gasteiger partial charge >= 0.3 is 6.18 Å². The average molecular weight is 443 g/mol. The molecule has 0 bridgehead atoms. The lowest BCUT2D eigenvalue weighted by Crippen LogP contribution is -2.49.